The summed E-state index contributed by atoms with van der Waals surface area (Å²) in [6, 6.07) is 0. The Hall–Kier alpha value is -0.160. The number of hydrogen-bond acceptors (Lipinski definition) is 4. The van der Waals surface area contributed by atoms with Gasteiger partial charge in [0.15, 0.2) is 0 Å². The molecule has 4 heteroatoms. The minimum atomic E-state index is 0.401. The van der Waals surface area contributed by atoms with E-state index in [1.54, 1.807) is 0 Å². The molecular weight excluding hydrogens is 224 g/mol. The van der Waals surface area contributed by atoms with Crippen LogP contribution in [0.1, 0.15) is 44.9 Å². The first-order valence-electron chi connectivity index (χ1n) is 7.79. The van der Waals surface area contributed by atoms with E-state index in [0.29, 0.717) is 11.2 Å². The maximum Gasteiger partial charge on any atom is 0.0699 e. The molecule has 4 fully saturated rings. The molecule has 4 heterocycles. The molecule has 0 radical (unpaired) electrons. The zero-order valence-electron chi connectivity index (χ0n) is 11.5. The highest BCUT2D eigenvalue weighted by molar-refractivity contribution is 4.99. The van der Waals surface area contributed by atoms with Gasteiger partial charge in [0.05, 0.1) is 5.66 Å². The molecule has 0 amide bonds. The van der Waals surface area contributed by atoms with Gasteiger partial charge in [-0.3, -0.25) is 10.6 Å². The molecule has 2 unspecified atom stereocenters. The zero-order valence-corrected chi connectivity index (χ0v) is 11.5. The Labute approximate surface area is 111 Å². The summed E-state index contributed by atoms with van der Waals surface area (Å²) in [7, 11) is 0. The largest absolute Gasteiger partial charge is 0.315 e. The van der Waals surface area contributed by atoms with Crippen LogP contribution in [0.2, 0.25) is 0 Å². The van der Waals surface area contributed by atoms with E-state index >= 15 is 0 Å². The molecule has 2 spiro atoms. The van der Waals surface area contributed by atoms with Crippen molar-refractivity contribution >= 4 is 0 Å². The molecule has 4 nitrogen and oxygen atoms in total. The van der Waals surface area contributed by atoms with Gasteiger partial charge in [0, 0.05) is 12.1 Å². The van der Waals surface area contributed by atoms with Crippen LogP contribution in [0.5, 0.6) is 0 Å². The molecule has 18 heavy (non-hydrogen) atoms. The van der Waals surface area contributed by atoms with Crippen LogP contribution < -0.4 is 21.3 Å². The van der Waals surface area contributed by atoms with Crippen molar-refractivity contribution in [1.82, 2.24) is 21.3 Å². The van der Waals surface area contributed by atoms with Crippen molar-refractivity contribution in [3.8, 4) is 0 Å². The second-order valence-electron chi connectivity index (χ2n) is 6.38. The van der Waals surface area contributed by atoms with Gasteiger partial charge in [-0.2, -0.15) is 0 Å². The number of piperidine rings is 1. The van der Waals surface area contributed by atoms with Gasteiger partial charge in [-0.15, -0.1) is 0 Å². The summed E-state index contributed by atoms with van der Waals surface area (Å²) in [5, 5.41) is 13.9. The van der Waals surface area contributed by atoms with Crippen LogP contribution in [0.3, 0.4) is 0 Å². The Balaban J connectivity index is 0.000000111. The first-order chi connectivity index (χ1) is 8.83. The van der Waals surface area contributed by atoms with Gasteiger partial charge in [-0.25, -0.2) is 0 Å². The summed E-state index contributed by atoms with van der Waals surface area (Å²) in [6.45, 7) is 6.08. The Morgan fingerprint density at radius 2 is 1.50 bits per heavy atom. The fourth-order valence-electron chi connectivity index (χ4n) is 3.74. The minimum absolute atomic E-state index is 0.401. The van der Waals surface area contributed by atoms with Crippen LogP contribution >= 0.6 is 0 Å². The van der Waals surface area contributed by atoms with Crippen LogP contribution in [0.15, 0.2) is 0 Å². The molecule has 4 N–H and O–H groups in total. The quantitative estimate of drug-likeness (QED) is 0.509. The molecule has 4 saturated heterocycles. The van der Waals surface area contributed by atoms with E-state index in [2.05, 4.69) is 21.3 Å². The topological polar surface area (TPSA) is 48.1 Å². The van der Waals surface area contributed by atoms with Crippen molar-refractivity contribution in [2.24, 2.45) is 0 Å². The lowest BCUT2D eigenvalue weighted by molar-refractivity contribution is 0.116. The van der Waals surface area contributed by atoms with Gasteiger partial charge in [-0.1, -0.05) is 0 Å². The molecule has 4 rings (SSSR count). The second-order valence-corrected chi connectivity index (χ2v) is 6.38. The number of nitrogens with one attached hydrogen (secondary N) is 4. The van der Waals surface area contributed by atoms with Gasteiger partial charge in [0.1, 0.15) is 0 Å². The summed E-state index contributed by atoms with van der Waals surface area (Å²) < 4.78 is 0. The van der Waals surface area contributed by atoms with Crippen LogP contribution in [0.4, 0.5) is 0 Å². The summed E-state index contributed by atoms with van der Waals surface area (Å²) in [5.41, 5.74) is 0.929. The first-order valence-corrected chi connectivity index (χ1v) is 7.79. The van der Waals surface area contributed by atoms with Crippen molar-refractivity contribution in [2.45, 2.75) is 56.1 Å². The van der Waals surface area contributed by atoms with Crippen LogP contribution in [-0.2, 0) is 0 Å². The molecule has 104 valence electrons. The average Bonchev–Trinajstić information content (AvgIpc) is 3.03. The highest BCUT2D eigenvalue weighted by Crippen LogP contribution is 2.25. The lowest BCUT2D eigenvalue weighted by Crippen LogP contribution is -2.67. The SMILES string of the molecule is C1CCC2(CCN2)NC1.C1CNC2(C1)CCNC2. The Morgan fingerprint density at radius 3 is 1.94 bits per heavy atom. The third-order valence-electron chi connectivity index (χ3n) is 5.08. The molecule has 0 aliphatic carbocycles. The highest BCUT2D eigenvalue weighted by atomic mass is 15.2. The molecule has 0 aromatic carbocycles. The number of rotatable bonds is 0. The molecule has 0 bridgehead atoms. The van der Waals surface area contributed by atoms with Gasteiger partial charge in [0.2, 0.25) is 0 Å². The van der Waals surface area contributed by atoms with Crippen molar-refractivity contribution in [3.05, 3.63) is 0 Å². The summed E-state index contributed by atoms with van der Waals surface area (Å²) in [5.74, 6) is 0. The summed E-state index contributed by atoms with van der Waals surface area (Å²) in [6.07, 6.45) is 9.55. The molecular formula is C14H28N4. The fraction of sp³-hybridized carbons (Fsp3) is 1.00. The molecule has 4 aliphatic heterocycles. The highest BCUT2D eigenvalue weighted by Gasteiger charge is 2.36. The van der Waals surface area contributed by atoms with Gasteiger partial charge in [0.25, 0.3) is 0 Å². The van der Waals surface area contributed by atoms with Gasteiger partial charge < -0.3 is 10.6 Å². The molecule has 0 aromatic heterocycles. The third kappa shape index (κ3) is 2.72. The second kappa shape index (κ2) is 5.45. The predicted molar refractivity (Wildman–Crippen MR) is 74.7 cm³/mol. The molecule has 4 aliphatic rings. The fourth-order valence-corrected chi connectivity index (χ4v) is 3.74. The van der Waals surface area contributed by atoms with Crippen molar-refractivity contribution in [2.75, 3.05) is 32.7 Å². The number of hydrogen-bond donors (Lipinski definition) is 4. The van der Waals surface area contributed by atoms with E-state index in [-0.39, 0.29) is 0 Å². The predicted octanol–water partition coefficient (Wildman–Crippen LogP) is 0.551. The normalized spacial score (nSPS) is 42.7. The minimum Gasteiger partial charge on any atom is -0.315 e. The van der Waals surface area contributed by atoms with Gasteiger partial charge in [-0.05, 0) is 71.1 Å². The molecule has 0 aromatic rings. The van der Waals surface area contributed by atoms with E-state index in [4.69, 9.17) is 0 Å². The Bertz CT molecular complexity index is 237. The van der Waals surface area contributed by atoms with Gasteiger partial charge >= 0.3 is 0 Å². The van der Waals surface area contributed by atoms with Crippen LogP contribution in [0, 0.1) is 0 Å². The first kappa shape index (κ1) is 12.9. The zero-order chi connectivity index (χ0) is 12.3. The maximum atomic E-state index is 3.57. The third-order valence-corrected chi connectivity index (χ3v) is 5.08. The van der Waals surface area contributed by atoms with E-state index < -0.39 is 0 Å². The summed E-state index contributed by atoms with van der Waals surface area (Å²) >= 11 is 0. The lowest BCUT2D eigenvalue weighted by Gasteiger charge is -2.46. The van der Waals surface area contributed by atoms with E-state index in [1.165, 1.54) is 77.7 Å². The Kier molecular flexibility index (Phi) is 3.89. The molecule has 0 saturated carbocycles. The lowest BCUT2D eigenvalue weighted by atomic mass is 9.89. The Morgan fingerprint density at radius 1 is 0.611 bits per heavy atom. The summed E-state index contributed by atoms with van der Waals surface area (Å²) in [4.78, 5) is 0. The maximum absolute atomic E-state index is 3.57. The smallest absolute Gasteiger partial charge is 0.0699 e. The average molecular weight is 252 g/mol. The monoisotopic (exact) mass is 252 g/mol. The standard InChI is InChI=1S/2C7H14N2/c1-2-7(9-4-1)3-5-8-6-7;1-2-5-8-7(3-1)4-6-9-7/h2*8-9H,1-6H2. The van der Waals surface area contributed by atoms with Crippen LogP contribution in [0.25, 0.3) is 0 Å². The van der Waals surface area contributed by atoms with E-state index in [0.717, 1.165) is 0 Å². The molecule has 2 atom stereocenters. The van der Waals surface area contributed by atoms with Crippen LogP contribution in [-0.4, -0.2) is 43.9 Å². The van der Waals surface area contributed by atoms with Crippen molar-refractivity contribution < 1.29 is 0 Å². The van der Waals surface area contributed by atoms with Crippen molar-refractivity contribution in [3.63, 3.8) is 0 Å². The van der Waals surface area contributed by atoms with E-state index in [9.17, 15) is 0 Å². The van der Waals surface area contributed by atoms with Crippen molar-refractivity contribution in [1.29, 1.82) is 0 Å². The van der Waals surface area contributed by atoms with E-state index in [1.807, 2.05) is 0 Å².